The Bertz CT molecular complexity index is 487. The first-order chi connectivity index (χ1) is 9.47. The second-order valence-corrected chi connectivity index (χ2v) is 5.61. The molecular formula is C14H19ClFN3O. The summed E-state index contributed by atoms with van der Waals surface area (Å²) in [5.41, 5.74) is 0.741. The lowest BCUT2D eigenvalue weighted by Crippen LogP contribution is -2.46. The highest BCUT2D eigenvalue weighted by Gasteiger charge is 2.23. The standard InChI is InChI=1S/C14H19ClFN3O/c1-18(2)14(20)19-7-5-11(6-8-19)17-13-4-3-10(16)9-12(13)15/h3-4,9,11,17H,5-8H2,1-2H3. The highest BCUT2D eigenvalue weighted by Crippen LogP contribution is 2.25. The number of halogens is 2. The Balaban J connectivity index is 1.90. The van der Waals surface area contributed by atoms with Crippen molar-refractivity contribution in [3.63, 3.8) is 0 Å². The number of urea groups is 1. The number of likely N-dealkylation sites (tertiary alicyclic amines) is 1. The molecule has 1 N–H and O–H groups in total. The fourth-order valence-corrected chi connectivity index (χ4v) is 2.55. The summed E-state index contributed by atoms with van der Waals surface area (Å²) in [5.74, 6) is -0.341. The molecule has 2 rings (SSSR count). The molecule has 1 aromatic carbocycles. The highest BCUT2D eigenvalue weighted by molar-refractivity contribution is 6.33. The molecule has 0 aromatic heterocycles. The number of rotatable bonds is 2. The van der Waals surface area contributed by atoms with Gasteiger partial charge in [-0.05, 0) is 31.0 Å². The van der Waals surface area contributed by atoms with Gasteiger partial charge in [0.25, 0.3) is 0 Å². The Morgan fingerprint density at radius 3 is 2.60 bits per heavy atom. The van der Waals surface area contributed by atoms with Crippen LogP contribution in [0.15, 0.2) is 18.2 Å². The monoisotopic (exact) mass is 299 g/mol. The Morgan fingerprint density at radius 1 is 1.40 bits per heavy atom. The summed E-state index contributed by atoms with van der Waals surface area (Å²) < 4.78 is 13.0. The summed E-state index contributed by atoms with van der Waals surface area (Å²) in [5, 5.41) is 3.70. The van der Waals surface area contributed by atoms with Crippen molar-refractivity contribution < 1.29 is 9.18 Å². The minimum atomic E-state index is -0.341. The molecule has 6 heteroatoms. The molecule has 1 heterocycles. The third-order valence-corrected chi connectivity index (χ3v) is 3.75. The Morgan fingerprint density at radius 2 is 2.05 bits per heavy atom. The summed E-state index contributed by atoms with van der Waals surface area (Å²) >= 11 is 6.00. The number of carbonyl (C=O) groups excluding carboxylic acids is 1. The van der Waals surface area contributed by atoms with E-state index in [-0.39, 0.29) is 17.9 Å². The zero-order valence-electron chi connectivity index (χ0n) is 11.7. The number of anilines is 1. The largest absolute Gasteiger partial charge is 0.381 e. The lowest BCUT2D eigenvalue weighted by molar-refractivity contribution is 0.158. The first-order valence-corrected chi connectivity index (χ1v) is 7.03. The van der Waals surface area contributed by atoms with E-state index < -0.39 is 0 Å². The van der Waals surface area contributed by atoms with E-state index in [4.69, 9.17) is 11.6 Å². The number of nitrogens with one attached hydrogen (secondary N) is 1. The fraction of sp³-hybridized carbons (Fsp3) is 0.500. The quantitative estimate of drug-likeness (QED) is 0.911. The van der Waals surface area contributed by atoms with Crippen LogP contribution in [0.3, 0.4) is 0 Å². The van der Waals surface area contributed by atoms with Crippen molar-refractivity contribution in [1.29, 1.82) is 0 Å². The average Bonchev–Trinajstić information content (AvgIpc) is 2.42. The molecule has 1 fully saturated rings. The van der Waals surface area contributed by atoms with Gasteiger partial charge >= 0.3 is 6.03 Å². The van der Waals surface area contributed by atoms with Gasteiger partial charge in [0.15, 0.2) is 0 Å². The maximum atomic E-state index is 13.0. The summed E-state index contributed by atoms with van der Waals surface area (Å²) in [6.07, 6.45) is 1.71. The minimum Gasteiger partial charge on any atom is -0.381 e. The molecule has 0 bridgehead atoms. The molecule has 4 nitrogen and oxygen atoms in total. The van der Waals surface area contributed by atoms with Crippen LogP contribution in [0.1, 0.15) is 12.8 Å². The maximum absolute atomic E-state index is 13.0. The predicted octanol–water partition coefficient (Wildman–Crippen LogP) is 3.04. The number of benzene rings is 1. The van der Waals surface area contributed by atoms with Crippen LogP contribution in [0.4, 0.5) is 14.9 Å². The number of nitrogens with zero attached hydrogens (tertiary/aromatic N) is 2. The van der Waals surface area contributed by atoms with Gasteiger partial charge in [-0.25, -0.2) is 9.18 Å². The molecule has 1 saturated heterocycles. The number of piperidine rings is 1. The topological polar surface area (TPSA) is 35.6 Å². The second kappa shape index (κ2) is 6.31. The molecular weight excluding hydrogens is 281 g/mol. The van der Waals surface area contributed by atoms with E-state index in [1.165, 1.54) is 12.1 Å². The summed E-state index contributed by atoms with van der Waals surface area (Å²) in [4.78, 5) is 15.2. The average molecular weight is 300 g/mol. The minimum absolute atomic E-state index is 0.0447. The van der Waals surface area contributed by atoms with E-state index in [2.05, 4.69) is 5.32 Å². The van der Waals surface area contributed by atoms with Crippen LogP contribution in [0, 0.1) is 5.82 Å². The molecule has 0 aliphatic carbocycles. The molecule has 1 aliphatic heterocycles. The van der Waals surface area contributed by atoms with E-state index in [0.29, 0.717) is 18.1 Å². The molecule has 0 atom stereocenters. The third kappa shape index (κ3) is 3.54. The summed E-state index contributed by atoms with van der Waals surface area (Å²) in [6, 6.07) is 4.63. The van der Waals surface area contributed by atoms with Gasteiger partial charge in [0, 0.05) is 33.2 Å². The van der Waals surface area contributed by atoms with Gasteiger partial charge in [-0.2, -0.15) is 0 Å². The van der Waals surface area contributed by atoms with Crippen molar-refractivity contribution in [3.05, 3.63) is 29.0 Å². The lowest BCUT2D eigenvalue weighted by Gasteiger charge is -2.34. The number of hydrogen-bond donors (Lipinski definition) is 1. The smallest absolute Gasteiger partial charge is 0.319 e. The van der Waals surface area contributed by atoms with Crippen LogP contribution in [0.5, 0.6) is 0 Å². The molecule has 2 amide bonds. The van der Waals surface area contributed by atoms with Gasteiger partial charge in [-0.3, -0.25) is 0 Å². The van der Waals surface area contributed by atoms with Crippen LogP contribution in [-0.2, 0) is 0 Å². The van der Waals surface area contributed by atoms with Gasteiger partial charge < -0.3 is 15.1 Å². The van der Waals surface area contributed by atoms with Crippen LogP contribution < -0.4 is 5.32 Å². The lowest BCUT2D eigenvalue weighted by atomic mass is 10.0. The predicted molar refractivity (Wildman–Crippen MR) is 78.7 cm³/mol. The molecule has 1 aliphatic rings. The fourth-order valence-electron chi connectivity index (χ4n) is 2.32. The van der Waals surface area contributed by atoms with E-state index in [1.54, 1.807) is 25.1 Å². The molecule has 0 saturated carbocycles. The Hall–Kier alpha value is -1.49. The van der Waals surface area contributed by atoms with Crippen molar-refractivity contribution >= 4 is 23.3 Å². The van der Waals surface area contributed by atoms with Gasteiger partial charge in [-0.15, -0.1) is 0 Å². The Labute approximate surface area is 123 Å². The number of hydrogen-bond acceptors (Lipinski definition) is 2. The SMILES string of the molecule is CN(C)C(=O)N1CCC(Nc2ccc(F)cc2Cl)CC1. The van der Waals surface area contributed by atoms with Crippen LogP contribution >= 0.6 is 11.6 Å². The van der Waals surface area contributed by atoms with Gasteiger partial charge in [0.2, 0.25) is 0 Å². The van der Waals surface area contributed by atoms with Crippen molar-refractivity contribution in [1.82, 2.24) is 9.80 Å². The van der Waals surface area contributed by atoms with Crippen molar-refractivity contribution in [2.45, 2.75) is 18.9 Å². The summed E-state index contributed by atoms with van der Waals surface area (Å²) in [6.45, 7) is 1.43. The van der Waals surface area contributed by atoms with Gasteiger partial charge in [0.1, 0.15) is 5.82 Å². The Kier molecular flexibility index (Phi) is 4.70. The van der Waals surface area contributed by atoms with Gasteiger partial charge in [0.05, 0.1) is 10.7 Å². The number of amides is 2. The molecule has 20 heavy (non-hydrogen) atoms. The zero-order valence-corrected chi connectivity index (χ0v) is 12.5. The van der Waals surface area contributed by atoms with Crippen LogP contribution in [0.25, 0.3) is 0 Å². The normalized spacial score (nSPS) is 16.1. The number of carbonyl (C=O) groups is 1. The maximum Gasteiger partial charge on any atom is 0.319 e. The highest BCUT2D eigenvalue weighted by atomic mass is 35.5. The van der Waals surface area contributed by atoms with Crippen molar-refractivity contribution in [2.24, 2.45) is 0 Å². The van der Waals surface area contributed by atoms with Crippen LogP contribution in [0.2, 0.25) is 5.02 Å². The van der Waals surface area contributed by atoms with E-state index in [0.717, 1.165) is 18.5 Å². The third-order valence-electron chi connectivity index (χ3n) is 3.44. The zero-order chi connectivity index (χ0) is 14.7. The molecule has 0 unspecified atom stereocenters. The molecule has 110 valence electrons. The van der Waals surface area contributed by atoms with Crippen molar-refractivity contribution in [2.75, 3.05) is 32.5 Å². The van der Waals surface area contributed by atoms with Gasteiger partial charge in [-0.1, -0.05) is 11.6 Å². The van der Waals surface area contributed by atoms with Crippen molar-refractivity contribution in [3.8, 4) is 0 Å². The van der Waals surface area contributed by atoms with E-state index >= 15 is 0 Å². The first kappa shape index (κ1) is 14.9. The second-order valence-electron chi connectivity index (χ2n) is 5.21. The van der Waals surface area contributed by atoms with E-state index in [9.17, 15) is 9.18 Å². The molecule has 0 spiro atoms. The summed E-state index contributed by atoms with van der Waals surface area (Å²) in [7, 11) is 3.51. The molecule has 1 aromatic rings. The molecule has 0 radical (unpaired) electrons. The first-order valence-electron chi connectivity index (χ1n) is 6.65. The van der Waals surface area contributed by atoms with E-state index in [1.807, 2.05) is 4.90 Å². The van der Waals surface area contributed by atoms with Crippen LogP contribution in [-0.4, -0.2) is 49.1 Å².